The zero-order valence-electron chi connectivity index (χ0n) is 14.5. The van der Waals surface area contributed by atoms with Gasteiger partial charge in [-0.25, -0.2) is 0 Å². The lowest BCUT2D eigenvalue weighted by Crippen LogP contribution is -2.44. The monoisotopic (exact) mass is 333 g/mol. The van der Waals surface area contributed by atoms with Crippen LogP contribution < -0.4 is 11.1 Å². The van der Waals surface area contributed by atoms with E-state index in [-0.39, 0.29) is 17.7 Å². The average Bonchev–Trinajstić information content (AvgIpc) is 2.59. The molecule has 1 fully saturated rings. The lowest BCUT2D eigenvalue weighted by Gasteiger charge is -2.26. The maximum atomic E-state index is 12.4. The number of carbonyl (C=O) groups is 2. The normalized spacial score (nSPS) is 16.5. The van der Waals surface area contributed by atoms with Gasteiger partial charge in [-0.1, -0.05) is 12.1 Å². The minimum Gasteiger partial charge on any atom is -0.381 e. The molecule has 1 aromatic rings. The van der Waals surface area contributed by atoms with Crippen molar-refractivity contribution in [1.29, 1.82) is 0 Å². The number of ether oxygens (including phenoxy) is 1. The van der Waals surface area contributed by atoms with Gasteiger partial charge in [-0.15, -0.1) is 0 Å². The minimum absolute atomic E-state index is 0.0356. The summed E-state index contributed by atoms with van der Waals surface area (Å²) in [6.07, 6.45) is 1.64. The zero-order valence-corrected chi connectivity index (χ0v) is 14.5. The molecule has 0 saturated carbocycles. The van der Waals surface area contributed by atoms with Gasteiger partial charge in [-0.2, -0.15) is 0 Å². The highest BCUT2D eigenvalue weighted by molar-refractivity contribution is 5.95. The second kappa shape index (κ2) is 8.80. The topological polar surface area (TPSA) is 84.7 Å². The van der Waals surface area contributed by atoms with Gasteiger partial charge in [-0.05, 0) is 43.4 Å². The molecule has 6 heteroatoms. The van der Waals surface area contributed by atoms with Crippen LogP contribution in [0.15, 0.2) is 24.3 Å². The number of rotatable bonds is 6. The molecule has 1 unspecified atom stereocenters. The fourth-order valence-corrected chi connectivity index (χ4v) is 2.93. The summed E-state index contributed by atoms with van der Waals surface area (Å²) >= 11 is 0. The quantitative estimate of drug-likeness (QED) is 0.830. The fraction of sp³-hybridized carbons (Fsp3) is 0.556. The van der Waals surface area contributed by atoms with Gasteiger partial charge in [0.2, 0.25) is 11.8 Å². The van der Waals surface area contributed by atoms with Crippen molar-refractivity contribution in [3.05, 3.63) is 29.8 Å². The third kappa shape index (κ3) is 5.04. The summed E-state index contributed by atoms with van der Waals surface area (Å²) in [7, 11) is 0. The van der Waals surface area contributed by atoms with Crippen LogP contribution in [-0.2, 0) is 20.9 Å². The first-order valence-electron chi connectivity index (χ1n) is 8.50. The number of carbonyl (C=O) groups excluding carboxylic acids is 2. The average molecular weight is 333 g/mol. The Labute approximate surface area is 143 Å². The van der Waals surface area contributed by atoms with Crippen LogP contribution >= 0.6 is 0 Å². The molecule has 2 amide bonds. The lowest BCUT2D eigenvalue weighted by molar-refractivity contribution is -0.129. The van der Waals surface area contributed by atoms with E-state index >= 15 is 0 Å². The van der Waals surface area contributed by atoms with Crippen molar-refractivity contribution in [2.75, 3.05) is 25.1 Å². The molecule has 2 rings (SSSR count). The minimum atomic E-state index is -0.526. The Bertz CT molecular complexity index is 570. The lowest BCUT2D eigenvalue weighted by atomic mass is 9.92. The van der Waals surface area contributed by atoms with Crippen LogP contribution in [0.1, 0.15) is 32.3 Å². The molecular formula is C18H27N3O3. The highest BCUT2D eigenvalue weighted by Crippen LogP contribution is 2.19. The molecule has 0 radical (unpaired) electrons. The Kier molecular flexibility index (Phi) is 6.75. The van der Waals surface area contributed by atoms with Crippen molar-refractivity contribution in [1.82, 2.24) is 4.90 Å². The van der Waals surface area contributed by atoms with Crippen LogP contribution in [0.5, 0.6) is 0 Å². The molecule has 0 bridgehead atoms. The largest absolute Gasteiger partial charge is 0.381 e. The summed E-state index contributed by atoms with van der Waals surface area (Å²) in [6, 6.07) is 7.02. The van der Waals surface area contributed by atoms with Gasteiger partial charge in [0.25, 0.3) is 0 Å². The molecule has 3 N–H and O–H groups in total. The maximum absolute atomic E-state index is 12.4. The molecule has 24 heavy (non-hydrogen) atoms. The molecule has 1 saturated heterocycles. The molecule has 0 aliphatic carbocycles. The van der Waals surface area contributed by atoms with E-state index in [4.69, 9.17) is 10.5 Å². The van der Waals surface area contributed by atoms with Gasteiger partial charge < -0.3 is 20.7 Å². The van der Waals surface area contributed by atoms with E-state index in [0.717, 1.165) is 18.4 Å². The van der Waals surface area contributed by atoms with Crippen LogP contribution in [0.2, 0.25) is 0 Å². The Morgan fingerprint density at radius 2 is 2.08 bits per heavy atom. The van der Waals surface area contributed by atoms with Gasteiger partial charge >= 0.3 is 0 Å². The van der Waals surface area contributed by atoms with Crippen LogP contribution in [-0.4, -0.2) is 42.5 Å². The van der Waals surface area contributed by atoms with Gasteiger partial charge in [0.15, 0.2) is 0 Å². The first-order valence-corrected chi connectivity index (χ1v) is 8.50. The second-order valence-corrected chi connectivity index (χ2v) is 6.20. The number of nitrogens with zero attached hydrogens (tertiary/aromatic N) is 1. The predicted octanol–water partition coefficient (Wildman–Crippen LogP) is 1.75. The first kappa shape index (κ1) is 18.4. The molecule has 6 nitrogen and oxygen atoms in total. The third-order valence-corrected chi connectivity index (χ3v) is 4.47. The van der Waals surface area contributed by atoms with Crippen molar-refractivity contribution in [3.63, 3.8) is 0 Å². The fourth-order valence-electron chi connectivity index (χ4n) is 2.93. The zero-order chi connectivity index (χ0) is 17.5. The van der Waals surface area contributed by atoms with E-state index in [0.29, 0.717) is 32.0 Å². The highest BCUT2D eigenvalue weighted by Gasteiger charge is 2.26. The number of anilines is 1. The third-order valence-electron chi connectivity index (χ3n) is 4.47. The summed E-state index contributed by atoms with van der Waals surface area (Å²) in [4.78, 5) is 25.6. The summed E-state index contributed by atoms with van der Waals surface area (Å²) < 4.78 is 5.31. The van der Waals surface area contributed by atoms with E-state index in [1.165, 1.54) is 0 Å². The molecule has 1 heterocycles. The Balaban J connectivity index is 1.97. The summed E-state index contributed by atoms with van der Waals surface area (Å²) in [6.45, 7) is 6.02. The number of nitrogens with two attached hydrogens (primary N) is 1. The van der Waals surface area contributed by atoms with Crippen molar-refractivity contribution >= 4 is 17.5 Å². The smallest absolute Gasteiger partial charge is 0.241 e. The number of hydrogen-bond donors (Lipinski definition) is 2. The molecule has 0 aromatic heterocycles. The standard InChI is InChI=1S/C18H27N3O3/c1-3-21(13(2)22)12-14-5-4-6-16(11-14)20-18(23)17(19)15-7-9-24-10-8-15/h4-6,11,15,17H,3,7-10,12,19H2,1-2H3,(H,20,23). The number of amides is 2. The molecule has 1 aliphatic rings. The second-order valence-electron chi connectivity index (χ2n) is 6.20. The number of nitrogens with one attached hydrogen (secondary N) is 1. The van der Waals surface area contributed by atoms with Crippen molar-refractivity contribution in [3.8, 4) is 0 Å². The van der Waals surface area contributed by atoms with Gasteiger partial charge in [0.1, 0.15) is 0 Å². The van der Waals surface area contributed by atoms with Crippen LogP contribution in [0.4, 0.5) is 5.69 Å². The SMILES string of the molecule is CCN(Cc1cccc(NC(=O)C(N)C2CCOCC2)c1)C(C)=O. The van der Waals surface area contributed by atoms with Gasteiger partial charge in [0.05, 0.1) is 6.04 Å². The molecule has 0 spiro atoms. The van der Waals surface area contributed by atoms with E-state index < -0.39 is 6.04 Å². The maximum Gasteiger partial charge on any atom is 0.241 e. The molecular weight excluding hydrogens is 306 g/mol. The van der Waals surface area contributed by atoms with Crippen LogP contribution in [0.3, 0.4) is 0 Å². The van der Waals surface area contributed by atoms with E-state index in [2.05, 4.69) is 5.32 Å². The number of benzene rings is 1. The molecule has 1 atom stereocenters. The Morgan fingerprint density at radius 1 is 1.38 bits per heavy atom. The highest BCUT2D eigenvalue weighted by atomic mass is 16.5. The van der Waals surface area contributed by atoms with Gasteiger partial charge in [0, 0.05) is 38.9 Å². The van der Waals surface area contributed by atoms with E-state index in [1.54, 1.807) is 11.8 Å². The van der Waals surface area contributed by atoms with Crippen LogP contribution in [0, 0.1) is 5.92 Å². The molecule has 1 aromatic carbocycles. The Hall–Kier alpha value is -1.92. The van der Waals surface area contributed by atoms with E-state index in [1.807, 2.05) is 31.2 Å². The van der Waals surface area contributed by atoms with Crippen molar-refractivity contribution in [2.24, 2.45) is 11.7 Å². The van der Waals surface area contributed by atoms with Crippen molar-refractivity contribution < 1.29 is 14.3 Å². The van der Waals surface area contributed by atoms with Crippen molar-refractivity contribution in [2.45, 2.75) is 39.3 Å². The Morgan fingerprint density at radius 3 is 2.71 bits per heavy atom. The predicted molar refractivity (Wildman–Crippen MR) is 93.4 cm³/mol. The summed E-state index contributed by atoms with van der Waals surface area (Å²) in [5.41, 5.74) is 7.78. The molecule has 1 aliphatic heterocycles. The van der Waals surface area contributed by atoms with Gasteiger partial charge in [-0.3, -0.25) is 9.59 Å². The van der Waals surface area contributed by atoms with E-state index in [9.17, 15) is 9.59 Å². The first-order chi connectivity index (χ1) is 11.5. The van der Waals surface area contributed by atoms with Crippen LogP contribution in [0.25, 0.3) is 0 Å². The summed E-state index contributed by atoms with van der Waals surface area (Å²) in [5.74, 6) is 0.0293. The number of hydrogen-bond acceptors (Lipinski definition) is 4. The summed E-state index contributed by atoms with van der Waals surface area (Å²) in [5, 5.41) is 2.89. The molecule has 132 valence electrons.